The van der Waals surface area contributed by atoms with E-state index < -0.39 is 25.1 Å². The Hall–Kier alpha value is -3.82. The molecule has 0 amide bonds. The highest BCUT2D eigenvalue weighted by Crippen LogP contribution is 2.23. The summed E-state index contributed by atoms with van der Waals surface area (Å²) in [6.45, 7) is 1.32. The van der Waals surface area contributed by atoms with Crippen LogP contribution in [0.25, 0.3) is 0 Å². The Morgan fingerprint density at radius 3 is 2.50 bits per heavy atom. The van der Waals surface area contributed by atoms with E-state index in [0.29, 0.717) is 22.9 Å². The molecule has 2 aromatic heterocycles. The van der Waals surface area contributed by atoms with E-state index in [0.717, 1.165) is 4.57 Å². The first-order valence-corrected chi connectivity index (χ1v) is 9.55. The lowest BCUT2D eigenvalue weighted by molar-refractivity contribution is -0.141. The van der Waals surface area contributed by atoms with Gasteiger partial charge in [0.25, 0.3) is 0 Å². The Morgan fingerprint density at radius 2 is 1.88 bits per heavy atom. The molecule has 3 aromatic rings. The minimum Gasteiger partial charge on any atom is -0.439 e. The largest absolute Gasteiger partial charge is 0.439 e. The molecule has 0 aliphatic carbocycles. The molecule has 0 bridgehead atoms. The van der Waals surface area contributed by atoms with Crippen LogP contribution in [0.1, 0.15) is 27.3 Å². The number of hydrogen-bond donors (Lipinski definition) is 1. The number of halogens is 3. The average molecular weight is 446 g/mol. The molecule has 0 aliphatic rings. The van der Waals surface area contributed by atoms with E-state index in [9.17, 15) is 18.0 Å². The maximum Gasteiger partial charge on any atom is 0.406 e. The number of carbonyl (C=O) groups excluding carboxylic acids is 1. The van der Waals surface area contributed by atoms with Gasteiger partial charge in [-0.05, 0) is 38.1 Å². The molecule has 0 unspecified atom stereocenters. The van der Waals surface area contributed by atoms with E-state index in [1.54, 1.807) is 24.3 Å². The predicted octanol–water partition coefficient (Wildman–Crippen LogP) is 4.37. The number of oxime groups is 1. The number of aromatic nitrogens is 2. The third kappa shape index (κ3) is 5.87. The third-order valence-corrected chi connectivity index (χ3v) is 4.57. The van der Waals surface area contributed by atoms with Crippen molar-refractivity contribution in [2.24, 2.45) is 10.9 Å². The molecule has 0 saturated carbocycles. The molecule has 0 fully saturated rings. The fourth-order valence-corrected chi connectivity index (χ4v) is 3.00. The lowest BCUT2D eigenvalue weighted by Crippen LogP contribution is -2.20. The van der Waals surface area contributed by atoms with Gasteiger partial charge in [0, 0.05) is 34.8 Å². The number of Topliss-reactive ketones (excluding diaryl/α,β-unsaturated/α-hetero) is 1. The molecule has 168 valence electrons. The second-order valence-corrected chi connectivity index (χ2v) is 6.96. The van der Waals surface area contributed by atoms with Crippen molar-refractivity contribution in [3.8, 4) is 11.6 Å². The van der Waals surface area contributed by atoms with Crippen LogP contribution in [-0.4, -0.2) is 34.0 Å². The summed E-state index contributed by atoms with van der Waals surface area (Å²) in [6, 6.07) is 13.7. The van der Waals surface area contributed by atoms with Gasteiger partial charge >= 0.3 is 6.18 Å². The minimum atomic E-state index is -4.39. The lowest BCUT2D eigenvalue weighted by atomic mass is 10.2. The highest BCUT2D eigenvalue weighted by atomic mass is 19.4. The number of rotatable bonds is 8. The van der Waals surface area contributed by atoms with Crippen molar-refractivity contribution in [3.05, 3.63) is 77.2 Å². The van der Waals surface area contributed by atoms with Crippen LogP contribution in [0.2, 0.25) is 0 Å². The number of pyridine rings is 1. The Morgan fingerprint density at radius 1 is 1.16 bits per heavy atom. The standard InChI is InChI=1S/C22H21F3N4O3/c1-14-10-18(15(2)29(14)13-22(23,24)25)19(30)12-31-28-21(26)16-8-9-20(27-11-16)32-17-6-4-3-5-7-17/h3-11H,12-13H2,1-2H3,(H2,26,28). The quantitative estimate of drug-likeness (QED) is 0.240. The maximum atomic E-state index is 12.7. The number of alkyl halides is 3. The van der Waals surface area contributed by atoms with Gasteiger partial charge in [0.05, 0.1) is 0 Å². The molecule has 0 saturated heterocycles. The summed E-state index contributed by atoms with van der Waals surface area (Å²) in [5.41, 5.74) is 6.98. The van der Waals surface area contributed by atoms with Crippen molar-refractivity contribution in [3.63, 3.8) is 0 Å². The zero-order valence-electron chi connectivity index (χ0n) is 17.4. The van der Waals surface area contributed by atoms with Gasteiger partial charge in [0.15, 0.2) is 12.4 Å². The monoisotopic (exact) mass is 446 g/mol. The van der Waals surface area contributed by atoms with Crippen molar-refractivity contribution in [1.29, 1.82) is 0 Å². The highest BCUT2D eigenvalue weighted by molar-refractivity contribution is 5.99. The summed E-state index contributed by atoms with van der Waals surface area (Å²) >= 11 is 0. The summed E-state index contributed by atoms with van der Waals surface area (Å²) in [7, 11) is 0. The smallest absolute Gasteiger partial charge is 0.406 e. The van der Waals surface area contributed by atoms with Crippen molar-refractivity contribution < 1.29 is 27.5 Å². The van der Waals surface area contributed by atoms with Crippen LogP contribution in [-0.2, 0) is 11.4 Å². The Labute approximate surface area is 182 Å². The molecule has 1 aromatic carbocycles. The second kappa shape index (κ2) is 9.54. The molecule has 10 heteroatoms. The molecule has 0 atom stereocenters. The molecule has 3 rings (SSSR count). The summed E-state index contributed by atoms with van der Waals surface area (Å²) in [6.07, 6.45) is -2.95. The Kier molecular flexibility index (Phi) is 6.82. The molecular weight excluding hydrogens is 425 g/mol. The molecule has 2 heterocycles. The van der Waals surface area contributed by atoms with E-state index in [1.165, 1.54) is 26.1 Å². The van der Waals surface area contributed by atoms with E-state index in [2.05, 4.69) is 10.1 Å². The number of aryl methyl sites for hydroxylation is 1. The number of para-hydroxylation sites is 1. The molecule has 0 aliphatic heterocycles. The third-order valence-electron chi connectivity index (χ3n) is 4.57. The number of hydrogen-bond acceptors (Lipinski definition) is 5. The van der Waals surface area contributed by atoms with Gasteiger partial charge in [-0.25, -0.2) is 4.98 Å². The normalized spacial score (nSPS) is 12.0. The van der Waals surface area contributed by atoms with Crippen molar-refractivity contribution in [2.75, 3.05) is 6.61 Å². The molecule has 2 N–H and O–H groups in total. The van der Waals surface area contributed by atoms with Gasteiger partial charge in [-0.2, -0.15) is 13.2 Å². The van der Waals surface area contributed by atoms with E-state index in [4.69, 9.17) is 15.3 Å². The van der Waals surface area contributed by atoms with Crippen LogP contribution >= 0.6 is 0 Å². The first-order valence-electron chi connectivity index (χ1n) is 9.55. The first-order chi connectivity index (χ1) is 15.1. The number of ether oxygens (including phenoxy) is 1. The van der Waals surface area contributed by atoms with Gasteiger partial charge in [0.1, 0.15) is 12.3 Å². The Balaban J connectivity index is 1.60. The van der Waals surface area contributed by atoms with Crippen LogP contribution < -0.4 is 10.5 Å². The van der Waals surface area contributed by atoms with E-state index >= 15 is 0 Å². The van der Waals surface area contributed by atoms with E-state index in [-0.39, 0.29) is 17.1 Å². The summed E-state index contributed by atoms with van der Waals surface area (Å²) in [5, 5.41) is 3.70. The predicted molar refractivity (Wildman–Crippen MR) is 112 cm³/mol. The number of nitrogens with zero attached hydrogens (tertiary/aromatic N) is 3. The molecule has 0 spiro atoms. The van der Waals surface area contributed by atoms with Gasteiger partial charge < -0.3 is 19.9 Å². The number of amidine groups is 1. The topological polar surface area (TPSA) is 91.7 Å². The average Bonchev–Trinajstić information content (AvgIpc) is 3.02. The van der Waals surface area contributed by atoms with Crippen molar-refractivity contribution in [1.82, 2.24) is 9.55 Å². The van der Waals surface area contributed by atoms with Gasteiger partial charge in [-0.1, -0.05) is 23.4 Å². The van der Waals surface area contributed by atoms with Gasteiger partial charge in [-0.3, -0.25) is 4.79 Å². The van der Waals surface area contributed by atoms with Crippen LogP contribution in [0.15, 0.2) is 59.9 Å². The van der Waals surface area contributed by atoms with Crippen LogP contribution in [0.5, 0.6) is 11.6 Å². The number of benzene rings is 1. The zero-order valence-corrected chi connectivity index (χ0v) is 17.4. The fourth-order valence-electron chi connectivity index (χ4n) is 3.00. The highest BCUT2D eigenvalue weighted by Gasteiger charge is 2.30. The molecule has 0 radical (unpaired) electrons. The number of ketones is 1. The second-order valence-electron chi connectivity index (χ2n) is 6.96. The summed E-state index contributed by atoms with van der Waals surface area (Å²) < 4.78 is 44.8. The summed E-state index contributed by atoms with van der Waals surface area (Å²) in [4.78, 5) is 21.5. The van der Waals surface area contributed by atoms with Crippen molar-refractivity contribution in [2.45, 2.75) is 26.6 Å². The molecule has 32 heavy (non-hydrogen) atoms. The lowest BCUT2D eigenvalue weighted by Gasteiger charge is -2.12. The summed E-state index contributed by atoms with van der Waals surface area (Å²) in [5.74, 6) is 0.468. The number of nitrogens with two attached hydrogens (primary N) is 1. The minimum absolute atomic E-state index is 0.0147. The van der Waals surface area contributed by atoms with Crippen LogP contribution in [0.4, 0.5) is 13.2 Å². The molecule has 7 nitrogen and oxygen atoms in total. The molecular formula is C22H21F3N4O3. The first kappa shape index (κ1) is 22.9. The Bertz CT molecular complexity index is 1110. The van der Waals surface area contributed by atoms with Gasteiger partial charge in [-0.15, -0.1) is 0 Å². The fraction of sp³-hybridized carbons (Fsp3) is 0.227. The van der Waals surface area contributed by atoms with Crippen LogP contribution in [0, 0.1) is 13.8 Å². The number of carbonyl (C=O) groups is 1. The van der Waals surface area contributed by atoms with Crippen molar-refractivity contribution >= 4 is 11.6 Å². The van der Waals surface area contributed by atoms with E-state index in [1.807, 2.05) is 18.2 Å². The zero-order chi connectivity index (χ0) is 23.3. The van der Waals surface area contributed by atoms with Crippen LogP contribution in [0.3, 0.4) is 0 Å². The maximum absolute atomic E-state index is 12.7. The SMILES string of the molecule is Cc1cc(C(=O)CO/N=C(/N)c2ccc(Oc3ccccc3)nc2)c(C)n1CC(F)(F)F. The van der Waals surface area contributed by atoms with Gasteiger partial charge in [0.2, 0.25) is 11.7 Å².